The maximum atomic E-state index is 12.4. The molecule has 0 aromatic heterocycles. The molecule has 0 aliphatic carbocycles. The van der Waals surface area contributed by atoms with Crippen molar-refractivity contribution in [1.82, 2.24) is 5.32 Å². The van der Waals surface area contributed by atoms with Crippen molar-refractivity contribution in [2.75, 3.05) is 11.9 Å². The molecule has 0 radical (unpaired) electrons. The average molecular weight is 264 g/mol. The maximum Gasteiger partial charge on any atom is 0.246 e. The topological polar surface area (TPSA) is 41.1 Å². The van der Waals surface area contributed by atoms with Crippen LogP contribution >= 0.6 is 0 Å². The monoisotopic (exact) mass is 264 g/mol. The summed E-state index contributed by atoms with van der Waals surface area (Å²) in [6.07, 6.45) is 5.26. The molecule has 0 spiro atoms. The van der Waals surface area contributed by atoms with Gasteiger partial charge in [-0.2, -0.15) is 0 Å². The van der Waals surface area contributed by atoms with Gasteiger partial charge in [0.1, 0.15) is 6.04 Å². The number of terminal acetylenes is 1. The SMILES string of the molecule is C#CCNC(C(=O)Nc1ccccc1)c1ccccc1. The highest BCUT2D eigenvalue weighted by Gasteiger charge is 2.19. The second-order valence-electron chi connectivity index (χ2n) is 4.28. The maximum absolute atomic E-state index is 12.4. The van der Waals surface area contributed by atoms with E-state index in [4.69, 9.17) is 6.42 Å². The molecule has 0 fully saturated rings. The van der Waals surface area contributed by atoms with Crippen molar-refractivity contribution in [2.45, 2.75) is 6.04 Å². The summed E-state index contributed by atoms with van der Waals surface area (Å²) in [6, 6.07) is 18.4. The molecular formula is C17H16N2O. The zero-order valence-electron chi connectivity index (χ0n) is 11.0. The van der Waals surface area contributed by atoms with Crippen LogP contribution in [0.25, 0.3) is 0 Å². The van der Waals surface area contributed by atoms with Crippen LogP contribution in [-0.2, 0) is 4.79 Å². The Morgan fingerprint density at radius 1 is 1.05 bits per heavy atom. The van der Waals surface area contributed by atoms with Gasteiger partial charge in [-0.1, -0.05) is 54.5 Å². The van der Waals surface area contributed by atoms with E-state index >= 15 is 0 Å². The highest BCUT2D eigenvalue weighted by atomic mass is 16.2. The number of carbonyl (C=O) groups is 1. The highest BCUT2D eigenvalue weighted by Crippen LogP contribution is 2.15. The Bertz CT molecular complexity index is 587. The van der Waals surface area contributed by atoms with Gasteiger partial charge in [0.05, 0.1) is 6.54 Å². The molecule has 2 aromatic carbocycles. The van der Waals surface area contributed by atoms with Crippen molar-refractivity contribution in [2.24, 2.45) is 0 Å². The molecule has 0 bridgehead atoms. The summed E-state index contributed by atoms with van der Waals surface area (Å²) in [5.41, 5.74) is 1.65. The van der Waals surface area contributed by atoms with E-state index in [-0.39, 0.29) is 5.91 Å². The van der Waals surface area contributed by atoms with Crippen LogP contribution in [0.4, 0.5) is 5.69 Å². The fourth-order valence-electron chi connectivity index (χ4n) is 1.90. The zero-order chi connectivity index (χ0) is 14.2. The van der Waals surface area contributed by atoms with Gasteiger partial charge in [-0.15, -0.1) is 6.42 Å². The molecule has 0 aliphatic rings. The summed E-state index contributed by atoms with van der Waals surface area (Å²) in [5.74, 6) is 2.37. The third-order valence-electron chi connectivity index (χ3n) is 2.84. The van der Waals surface area contributed by atoms with Crippen LogP contribution in [0.1, 0.15) is 11.6 Å². The minimum Gasteiger partial charge on any atom is -0.324 e. The van der Waals surface area contributed by atoms with E-state index in [1.807, 2.05) is 60.7 Å². The number of hydrogen-bond donors (Lipinski definition) is 2. The zero-order valence-corrected chi connectivity index (χ0v) is 11.0. The van der Waals surface area contributed by atoms with Crippen molar-refractivity contribution < 1.29 is 4.79 Å². The van der Waals surface area contributed by atoms with Crippen LogP contribution < -0.4 is 10.6 Å². The van der Waals surface area contributed by atoms with Crippen LogP contribution in [0.5, 0.6) is 0 Å². The summed E-state index contributed by atoms with van der Waals surface area (Å²) < 4.78 is 0. The van der Waals surface area contributed by atoms with Crippen LogP contribution in [0, 0.1) is 12.3 Å². The van der Waals surface area contributed by atoms with Crippen molar-refractivity contribution in [3.8, 4) is 12.3 Å². The molecule has 3 heteroatoms. The van der Waals surface area contributed by atoms with Gasteiger partial charge >= 0.3 is 0 Å². The lowest BCUT2D eigenvalue weighted by Crippen LogP contribution is -2.33. The lowest BCUT2D eigenvalue weighted by atomic mass is 10.1. The normalized spacial score (nSPS) is 11.3. The smallest absolute Gasteiger partial charge is 0.246 e. The number of amides is 1. The number of para-hydroxylation sites is 1. The molecule has 2 aromatic rings. The summed E-state index contributed by atoms with van der Waals surface area (Å²) in [4.78, 5) is 12.4. The van der Waals surface area contributed by atoms with E-state index in [1.54, 1.807) is 0 Å². The number of benzene rings is 2. The largest absolute Gasteiger partial charge is 0.324 e. The first-order chi connectivity index (χ1) is 9.81. The van der Waals surface area contributed by atoms with Gasteiger partial charge in [0.2, 0.25) is 5.91 Å². The first-order valence-corrected chi connectivity index (χ1v) is 6.39. The summed E-state index contributed by atoms with van der Waals surface area (Å²) in [5, 5.41) is 5.94. The van der Waals surface area contributed by atoms with Crippen molar-refractivity contribution >= 4 is 11.6 Å². The number of nitrogens with one attached hydrogen (secondary N) is 2. The minimum atomic E-state index is -0.465. The molecule has 1 amide bonds. The molecule has 0 saturated carbocycles. The van der Waals surface area contributed by atoms with Gasteiger partial charge in [0.25, 0.3) is 0 Å². The summed E-state index contributed by atoms with van der Waals surface area (Å²) in [7, 11) is 0. The Kier molecular flexibility index (Phi) is 4.94. The Hall–Kier alpha value is -2.57. The summed E-state index contributed by atoms with van der Waals surface area (Å²) in [6.45, 7) is 0.335. The molecule has 20 heavy (non-hydrogen) atoms. The Morgan fingerprint density at radius 2 is 1.65 bits per heavy atom. The third-order valence-corrected chi connectivity index (χ3v) is 2.84. The van der Waals surface area contributed by atoms with Gasteiger partial charge in [0, 0.05) is 5.69 Å². The van der Waals surface area contributed by atoms with Gasteiger partial charge < -0.3 is 5.32 Å². The average Bonchev–Trinajstić information content (AvgIpc) is 2.50. The predicted octanol–water partition coefficient (Wildman–Crippen LogP) is 2.59. The molecule has 2 rings (SSSR count). The van der Waals surface area contributed by atoms with Gasteiger partial charge in [-0.3, -0.25) is 10.1 Å². The molecule has 1 unspecified atom stereocenters. The quantitative estimate of drug-likeness (QED) is 0.815. The molecular weight excluding hydrogens is 248 g/mol. The fourth-order valence-corrected chi connectivity index (χ4v) is 1.90. The number of carbonyl (C=O) groups excluding carboxylic acids is 1. The number of hydrogen-bond acceptors (Lipinski definition) is 2. The van der Waals surface area contributed by atoms with Crippen LogP contribution in [0.15, 0.2) is 60.7 Å². The molecule has 0 saturated heterocycles. The van der Waals surface area contributed by atoms with Gasteiger partial charge in [-0.05, 0) is 17.7 Å². The van der Waals surface area contributed by atoms with Crippen LogP contribution in [0.3, 0.4) is 0 Å². The van der Waals surface area contributed by atoms with E-state index in [9.17, 15) is 4.79 Å². The molecule has 1 atom stereocenters. The first kappa shape index (κ1) is 13.9. The lowest BCUT2D eigenvalue weighted by Gasteiger charge is -2.17. The Balaban J connectivity index is 2.14. The van der Waals surface area contributed by atoms with E-state index in [0.29, 0.717) is 6.54 Å². The number of rotatable bonds is 5. The summed E-state index contributed by atoms with van der Waals surface area (Å²) >= 11 is 0. The van der Waals surface area contributed by atoms with E-state index in [2.05, 4.69) is 16.6 Å². The van der Waals surface area contributed by atoms with Crippen molar-refractivity contribution in [1.29, 1.82) is 0 Å². The minimum absolute atomic E-state index is 0.127. The van der Waals surface area contributed by atoms with E-state index < -0.39 is 6.04 Å². The fraction of sp³-hybridized carbons (Fsp3) is 0.118. The number of anilines is 1. The van der Waals surface area contributed by atoms with Gasteiger partial charge in [0.15, 0.2) is 0 Å². The van der Waals surface area contributed by atoms with Crippen molar-refractivity contribution in [3.63, 3.8) is 0 Å². The highest BCUT2D eigenvalue weighted by molar-refractivity contribution is 5.95. The third kappa shape index (κ3) is 3.71. The molecule has 3 nitrogen and oxygen atoms in total. The molecule has 0 aliphatic heterocycles. The Labute approximate surface area is 119 Å². The predicted molar refractivity (Wildman–Crippen MR) is 81.1 cm³/mol. The molecule has 0 heterocycles. The Morgan fingerprint density at radius 3 is 2.25 bits per heavy atom. The van der Waals surface area contributed by atoms with E-state index in [0.717, 1.165) is 11.3 Å². The second-order valence-corrected chi connectivity index (χ2v) is 4.28. The standard InChI is InChI=1S/C17H16N2O/c1-2-13-18-16(14-9-5-3-6-10-14)17(20)19-15-11-7-4-8-12-15/h1,3-12,16,18H,13H2,(H,19,20). The second kappa shape index (κ2) is 7.13. The van der Waals surface area contributed by atoms with E-state index in [1.165, 1.54) is 0 Å². The van der Waals surface area contributed by atoms with Crippen LogP contribution in [-0.4, -0.2) is 12.5 Å². The molecule has 100 valence electrons. The van der Waals surface area contributed by atoms with Crippen LogP contribution in [0.2, 0.25) is 0 Å². The van der Waals surface area contributed by atoms with Crippen molar-refractivity contribution in [3.05, 3.63) is 66.2 Å². The first-order valence-electron chi connectivity index (χ1n) is 6.39. The lowest BCUT2D eigenvalue weighted by molar-refractivity contribution is -0.118. The molecule has 2 N–H and O–H groups in total. The van der Waals surface area contributed by atoms with Gasteiger partial charge in [-0.25, -0.2) is 0 Å².